The van der Waals surface area contributed by atoms with Gasteiger partial charge in [0.1, 0.15) is 31.6 Å². The lowest BCUT2D eigenvalue weighted by molar-refractivity contribution is -0.154. The lowest BCUT2D eigenvalue weighted by Gasteiger charge is -2.17. The zero-order chi connectivity index (χ0) is 20.0. The molecule has 1 amide bonds. The SMILES string of the molecule is CC(=O)Nc1nc(Cl)c2ncn(COC(COC(C)=O)COC(C)=O)c2n1. The van der Waals surface area contributed by atoms with Gasteiger partial charge in [0.15, 0.2) is 10.8 Å². The van der Waals surface area contributed by atoms with E-state index in [1.165, 1.54) is 31.7 Å². The minimum atomic E-state index is -0.692. The summed E-state index contributed by atoms with van der Waals surface area (Å²) in [5.74, 6) is -1.30. The van der Waals surface area contributed by atoms with E-state index in [-0.39, 0.29) is 37.0 Å². The number of esters is 2. The molecule has 0 aliphatic heterocycles. The van der Waals surface area contributed by atoms with E-state index in [0.717, 1.165) is 0 Å². The van der Waals surface area contributed by atoms with Gasteiger partial charge in [0.05, 0.1) is 6.33 Å². The van der Waals surface area contributed by atoms with Gasteiger partial charge in [-0.3, -0.25) is 24.3 Å². The first-order valence-corrected chi connectivity index (χ1v) is 8.18. The van der Waals surface area contributed by atoms with Gasteiger partial charge < -0.3 is 14.2 Å². The van der Waals surface area contributed by atoms with Crippen molar-refractivity contribution in [3.63, 3.8) is 0 Å². The second-order valence-corrected chi connectivity index (χ2v) is 5.79. The summed E-state index contributed by atoms with van der Waals surface area (Å²) in [6, 6.07) is 0. The first-order valence-electron chi connectivity index (χ1n) is 7.80. The maximum atomic E-state index is 11.2. The number of ether oxygens (including phenoxy) is 3. The van der Waals surface area contributed by atoms with Crippen molar-refractivity contribution in [3.05, 3.63) is 11.5 Å². The molecule has 2 rings (SSSR count). The van der Waals surface area contributed by atoms with Crippen molar-refractivity contribution in [3.8, 4) is 0 Å². The fourth-order valence-electron chi connectivity index (χ4n) is 1.97. The van der Waals surface area contributed by atoms with Gasteiger partial charge in [-0.1, -0.05) is 11.6 Å². The second kappa shape index (κ2) is 9.24. The molecule has 27 heavy (non-hydrogen) atoms. The number of carbonyl (C=O) groups excluding carboxylic acids is 3. The van der Waals surface area contributed by atoms with Crippen molar-refractivity contribution in [1.29, 1.82) is 0 Å². The van der Waals surface area contributed by atoms with Gasteiger partial charge in [0.25, 0.3) is 0 Å². The van der Waals surface area contributed by atoms with E-state index in [9.17, 15) is 14.4 Å². The summed E-state index contributed by atoms with van der Waals surface area (Å²) in [7, 11) is 0. The Morgan fingerprint density at radius 1 is 1.15 bits per heavy atom. The van der Waals surface area contributed by atoms with Crippen LogP contribution in [-0.4, -0.2) is 56.7 Å². The number of aromatic nitrogens is 4. The Bertz CT molecular complexity index is 837. The zero-order valence-electron chi connectivity index (χ0n) is 14.9. The summed E-state index contributed by atoms with van der Waals surface area (Å²) in [6.07, 6.45) is 0.736. The van der Waals surface area contributed by atoms with Crippen LogP contribution < -0.4 is 5.32 Å². The third-order valence-corrected chi connectivity index (χ3v) is 3.37. The molecule has 0 atom stereocenters. The summed E-state index contributed by atoms with van der Waals surface area (Å²) in [6.45, 7) is 3.60. The largest absolute Gasteiger partial charge is 0.463 e. The highest BCUT2D eigenvalue weighted by atomic mass is 35.5. The van der Waals surface area contributed by atoms with Crippen LogP contribution in [0.5, 0.6) is 0 Å². The number of nitrogens with zero attached hydrogens (tertiary/aromatic N) is 4. The van der Waals surface area contributed by atoms with Crippen molar-refractivity contribution in [2.24, 2.45) is 0 Å². The summed E-state index contributed by atoms with van der Waals surface area (Å²) in [5, 5.41) is 2.51. The van der Waals surface area contributed by atoms with E-state index in [1.807, 2.05) is 0 Å². The Labute approximate surface area is 159 Å². The fraction of sp³-hybridized carbons (Fsp3) is 0.467. The molecule has 0 spiro atoms. The van der Waals surface area contributed by atoms with Gasteiger partial charge in [-0.25, -0.2) is 4.98 Å². The summed E-state index contributed by atoms with van der Waals surface area (Å²) >= 11 is 6.06. The number of nitrogens with one attached hydrogen (secondary N) is 1. The Balaban J connectivity index is 2.14. The van der Waals surface area contributed by atoms with E-state index >= 15 is 0 Å². The first-order chi connectivity index (χ1) is 12.8. The van der Waals surface area contributed by atoms with E-state index in [0.29, 0.717) is 11.2 Å². The maximum absolute atomic E-state index is 11.2. The number of amides is 1. The van der Waals surface area contributed by atoms with Gasteiger partial charge >= 0.3 is 11.9 Å². The Hall–Kier alpha value is -2.79. The quantitative estimate of drug-likeness (QED) is 0.507. The van der Waals surface area contributed by atoms with Crippen LogP contribution in [0.15, 0.2) is 6.33 Å². The van der Waals surface area contributed by atoms with Gasteiger partial charge in [0.2, 0.25) is 11.9 Å². The molecule has 12 heteroatoms. The van der Waals surface area contributed by atoms with Crippen LogP contribution in [0, 0.1) is 0 Å². The number of halogens is 1. The van der Waals surface area contributed by atoms with Crippen LogP contribution in [-0.2, 0) is 35.3 Å². The van der Waals surface area contributed by atoms with Crippen molar-refractivity contribution < 1.29 is 28.6 Å². The molecule has 2 aromatic heterocycles. The molecule has 0 aromatic carbocycles. The van der Waals surface area contributed by atoms with E-state index in [4.69, 9.17) is 25.8 Å². The summed E-state index contributed by atoms with van der Waals surface area (Å²) < 4.78 is 17.0. The predicted molar refractivity (Wildman–Crippen MR) is 92.8 cm³/mol. The van der Waals surface area contributed by atoms with E-state index < -0.39 is 18.0 Å². The van der Waals surface area contributed by atoms with Crippen LogP contribution in [0.2, 0.25) is 5.15 Å². The molecule has 0 bridgehead atoms. The number of carbonyl (C=O) groups is 3. The third-order valence-electron chi connectivity index (χ3n) is 3.10. The minimum Gasteiger partial charge on any atom is -0.463 e. The molecule has 2 heterocycles. The van der Waals surface area contributed by atoms with Crippen LogP contribution >= 0.6 is 11.6 Å². The Morgan fingerprint density at radius 3 is 2.33 bits per heavy atom. The molecule has 146 valence electrons. The number of fused-ring (bicyclic) bond motifs is 1. The molecule has 0 saturated carbocycles. The third kappa shape index (κ3) is 6.15. The molecular formula is C15H18ClN5O6. The highest BCUT2D eigenvalue weighted by molar-refractivity contribution is 6.33. The van der Waals surface area contributed by atoms with E-state index in [2.05, 4.69) is 20.3 Å². The van der Waals surface area contributed by atoms with Crippen LogP contribution in [0.3, 0.4) is 0 Å². The molecular weight excluding hydrogens is 382 g/mol. The highest BCUT2D eigenvalue weighted by Crippen LogP contribution is 2.20. The standard InChI is InChI=1S/C15H18ClN5O6/c1-8(22)18-15-19-13(16)12-14(20-15)21(6-17-12)7-27-11(4-25-9(2)23)5-26-10(3)24/h6,11H,4-5,7H2,1-3H3,(H,18,19,20,22). The van der Waals surface area contributed by atoms with E-state index in [1.54, 1.807) is 0 Å². The molecule has 0 radical (unpaired) electrons. The van der Waals surface area contributed by atoms with Crippen LogP contribution in [0.4, 0.5) is 5.95 Å². The van der Waals surface area contributed by atoms with Crippen molar-refractivity contribution in [1.82, 2.24) is 19.5 Å². The smallest absolute Gasteiger partial charge is 0.302 e. The van der Waals surface area contributed by atoms with Crippen LogP contribution in [0.25, 0.3) is 11.2 Å². The zero-order valence-corrected chi connectivity index (χ0v) is 15.6. The maximum Gasteiger partial charge on any atom is 0.302 e. The summed E-state index contributed by atoms with van der Waals surface area (Å²) in [5.41, 5.74) is 0.656. The number of anilines is 1. The fourth-order valence-corrected chi connectivity index (χ4v) is 2.18. The minimum absolute atomic E-state index is 0.0260. The molecule has 0 aliphatic rings. The molecule has 2 aromatic rings. The lowest BCUT2D eigenvalue weighted by Crippen LogP contribution is -2.28. The highest BCUT2D eigenvalue weighted by Gasteiger charge is 2.16. The monoisotopic (exact) mass is 399 g/mol. The molecule has 0 fully saturated rings. The average molecular weight is 400 g/mol. The second-order valence-electron chi connectivity index (χ2n) is 5.43. The molecule has 0 aliphatic carbocycles. The predicted octanol–water partition coefficient (Wildman–Crippen LogP) is 0.907. The molecule has 0 saturated heterocycles. The van der Waals surface area contributed by atoms with Crippen molar-refractivity contribution in [2.45, 2.75) is 33.6 Å². The van der Waals surface area contributed by atoms with Crippen LogP contribution in [0.1, 0.15) is 20.8 Å². The number of hydrogen-bond donors (Lipinski definition) is 1. The number of rotatable bonds is 8. The first kappa shape index (κ1) is 20.5. The molecule has 11 nitrogen and oxygen atoms in total. The topological polar surface area (TPSA) is 135 Å². The van der Waals surface area contributed by atoms with Gasteiger partial charge in [-0.2, -0.15) is 9.97 Å². The van der Waals surface area contributed by atoms with Gasteiger partial charge in [0, 0.05) is 20.8 Å². The Kier molecular flexibility index (Phi) is 7.02. The normalized spacial score (nSPS) is 10.9. The lowest BCUT2D eigenvalue weighted by atomic mass is 10.4. The summed E-state index contributed by atoms with van der Waals surface area (Å²) in [4.78, 5) is 45.4. The van der Waals surface area contributed by atoms with Crippen molar-refractivity contribution in [2.75, 3.05) is 18.5 Å². The Morgan fingerprint density at radius 2 is 1.78 bits per heavy atom. The van der Waals surface area contributed by atoms with Crippen molar-refractivity contribution >= 4 is 46.6 Å². The van der Waals surface area contributed by atoms with Gasteiger partial charge in [-0.15, -0.1) is 0 Å². The molecule has 0 unspecified atom stereocenters. The van der Waals surface area contributed by atoms with Gasteiger partial charge in [-0.05, 0) is 0 Å². The average Bonchev–Trinajstić information content (AvgIpc) is 2.96. The number of hydrogen-bond acceptors (Lipinski definition) is 9. The number of imidazole rings is 1. The molecule has 1 N–H and O–H groups in total.